The molecule has 94 valence electrons. The fourth-order valence-electron chi connectivity index (χ4n) is 1.41. The van der Waals surface area contributed by atoms with Crippen LogP contribution in [0.15, 0.2) is 16.6 Å². The van der Waals surface area contributed by atoms with Crippen molar-refractivity contribution in [2.75, 3.05) is 12.8 Å². The van der Waals surface area contributed by atoms with Crippen molar-refractivity contribution in [2.45, 2.75) is 13.3 Å². The van der Waals surface area contributed by atoms with Crippen LogP contribution in [0.4, 0.5) is 5.82 Å². The van der Waals surface area contributed by atoms with Gasteiger partial charge in [0.1, 0.15) is 11.5 Å². The number of anilines is 1. The summed E-state index contributed by atoms with van der Waals surface area (Å²) in [5, 5.41) is 7.87. The maximum atomic E-state index is 5.82. The molecule has 18 heavy (non-hydrogen) atoms. The largest absolute Gasteiger partial charge is 0.480 e. The van der Waals surface area contributed by atoms with Crippen molar-refractivity contribution >= 4 is 21.7 Å². The molecule has 0 amide bonds. The Bertz CT molecular complexity index is 558. The summed E-state index contributed by atoms with van der Waals surface area (Å²) in [6.45, 7) is 2.00. The van der Waals surface area contributed by atoms with Crippen molar-refractivity contribution in [2.24, 2.45) is 0 Å². The van der Waals surface area contributed by atoms with Gasteiger partial charge in [-0.15, -0.1) is 10.2 Å². The Morgan fingerprint density at radius 3 is 2.61 bits per heavy atom. The highest BCUT2D eigenvalue weighted by atomic mass is 79.9. The molecule has 0 aliphatic rings. The monoisotopic (exact) mass is 309 g/mol. The lowest BCUT2D eigenvalue weighted by molar-refractivity contribution is 0.392. The van der Waals surface area contributed by atoms with Crippen molar-refractivity contribution in [3.8, 4) is 17.4 Å². The molecule has 2 aromatic heterocycles. The van der Waals surface area contributed by atoms with Crippen LogP contribution in [0.2, 0.25) is 0 Å². The van der Waals surface area contributed by atoms with Crippen LogP contribution in [0.3, 0.4) is 0 Å². The molecule has 0 fully saturated rings. The first-order chi connectivity index (χ1) is 8.65. The summed E-state index contributed by atoms with van der Waals surface area (Å²) in [5.74, 6) is 1.30. The first-order valence-corrected chi connectivity index (χ1v) is 6.15. The van der Waals surface area contributed by atoms with Gasteiger partial charge in [-0.1, -0.05) is 6.92 Å². The first-order valence-electron chi connectivity index (χ1n) is 5.35. The van der Waals surface area contributed by atoms with Gasteiger partial charge < -0.3 is 10.5 Å². The summed E-state index contributed by atoms with van der Waals surface area (Å²) in [4.78, 5) is 8.58. The van der Waals surface area contributed by atoms with Crippen molar-refractivity contribution in [1.82, 2.24) is 20.2 Å². The molecule has 7 heteroatoms. The molecule has 0 saturated heterocycles. The predicted octanol–water partition coefficient (Wildman–Crippen LogP) is 1.85. The van der Waals surface area contributed by atoms with Crippen molar-refractivity contribution < 1.29 is 4.74 Å². The van der Waals surface area contributed by atoms with Crippen LogP contribution in [0.25, 0.3) is 11.5 Å². The molecular weight excluding hydrogens is 298 g/mol. The van der Waals surface area contributed by atoms with E-state index in [1.54, 1.807) is 12.1 Å². The van der Waals surface area contributed by atoms with Gasteiger partial charge in [-0.05, 0) is 28.4 Å². The quantitative estimate of drug-likeness (QED) is 0.931. The van der Waals surface area contributed by atoms with E-state index in [0.717, 1.165) is 16.6 Å². The van der Waals surface area contributed by atoms with Gasteiger partial charge in [0.25, 0.3) is 0 Å². The van der Waals surface area contributed by atoms with E-state index in [1.165, 1.54) is 7.11 Å². The van der Waals surface area contributed by atoms with E-state index in [2.05, 4.69) is 36.1 Å². The standard InChI is InChI=1S/C11H12BrN5O/c1-3-6-9(12)10(13)15-11(14-6)7-4-5-8(18-2)17-16-7/h4-5H,3H2,1-2H3,(H2,13,14,15). The molecule has 2 rings (SSSR count). The van der Waals surface area contributed by atoms with Crippen molar-refractivity contribution in [3.05, 3.63) is 22.3 Å². The molecule has 0 radical (unpaired) electrons. The fourth-order valence-corrected chi connectivity index (χ4v) is 1.87. The molecule has 6 nitrogen and oxygen atoms in total. The Morgan fingerprint density at radius 2 is 2.06 bits per heavy atom. The number of hydrogen-bond donors (Lipinski definition) is 1. The third-order valence-electron chi connectivity index (χ3n) is 2.36. The average Bonchev–Trinajstić information content (AvgIpc) is 2.42. The zero-order valence-corrected chi connectivity index (χ0v) is 11.6. The number of nitrogens with two attached hydrogens (primary N) is 1. The number of rotatable bonds is 3. The number of ether oxygens (including phenoxy) is 1. The number of nitrogen functional groups attached to an aromatic ring is 1. The number of halogens is 1. The molecule has 0 saturated carbocycles. The Labute approximate surface area is 113 Å². The first kappa shape index (κ1) is 12.7. The van der Waals surface area contributed by atoms with Crippen LogP contribution in [0.5, 0.6) is 5.88 Å². The van der Waals surface area contributed by atoms with E-state index in [0.29, 0.717) is 23.2 Å². The molecule has 0 atom stereocenters. The minimum atomic E-state index is 0.398. The van der Waals surface area contributed by atoms with Gasteiger partial charge in [0.2, 0.25) is 5.88 Å². The molecule has 0 bridgehead atoms. The van der Waals surface area contributed by atoms with Gasteiger partial charge in [0.15, 0.2) is 5.82 Å². The summed E-state index contributed by atoms with van der Waals surface area (Å²) >= 11 is 3.36. The Morgan fingerprint density at radius 1 is 1.28 bits per heavy atom. The summed E-state index contributed by atoms with van der Waals surface area (Å²) in [6.07, 6.45) is 0.754. The van der Waals surface area contributed by atoms with E-state index >= 15 is 0 Å². The number of aromatic nitrogens is 4. The second kappa shape index (κ2) is 5.26. The van der Waals surface area contributed by atoms with Gasteiger partial charge in [0, 0.05) is 6.07 Å². The van der Waals surface area contributed by atoms with Gasteiger partial charge in [0.05, 0.1) is 17.3 Å². The number of methoxy groups -OCH3 is 1. The smallest absolute Gasteiger partial charge is 0.233 e. The normalized spacial score (nSPS) is 10.4. The second-order valence-electron chi connectivity index (χ2n) is 3.51. The van der Waals surface area contributed by atoms with Gasteiger partial charge >= 0.3 is 0 Å². The number of aryl methyl sites for hydroxylation is 1. The highest BCUT2D eigenvalue weighted by Gasteiger charge is 2.11. The van der Waals surface area contributed by atoms with Crippen LogP contribution in [-0.2, 0) is 6.42 Å². The lowest BCUT2D eigenvalue weighted by atomic mass is 10.3. The predicted molar refractivity (Wildman–Crippen MR) is 71.1 cm³/mol. The van der Waals surface area contributed by atoms with E-state index < -0.39 is 0 Å². The SMILES string of the molecule is CCc1nc(-c2ccc(OC)nn2)nc(N)c1Br. The average molecular weight is 310 g/mol. The van der Waals surface area contributed by atoms with Crippen LogP contribution >= 0.6 is 15.9 Å². The third kappa shape index (κ3) is 2.40. The van der Waals surface area contributed by atoms with Gasteiger partial charge in [-0.3, -0.25) is 0 Å². The molecule has 2 N–H and O–H groups in total. The third-order valence-corrected chi connectivity index (χ3v) is 3.22. The zero-order chi connectivity index (χ0) is 13.1. The minimum absolute atomic E-state index is 0.398. The lowest BCUT2D eigenvalue weighted by Gasteiger charge is -2.06. The van der Waals surface area contributed by atoms with Crippen LogP contribution < -0.4 is 10.5 Å². The molecule has 0 aliphatic heterocycles. The Hall–Kier alpha value is -1.76. The van der Waals surface area contributed by atoms with E-state index in [-0.39, 0.29) is 0 Å². The highest BCUT2D eigenvalue weighted by Crippen LogP contribution is 2.24. The summed E-state index contributed by atoms with van der Waals surface area (Å²) in [7, 11) is 1.53. The summed E-state index contributed by atoms with van der Waals surface area (Å²) < 4.78 is 5.68. The van der Waals surface area contributed by atoms with E-state index in [4.69, 9.17) is 10.5 Å². The van der Waals surface area contributed by atoms with Crippen LogP contribution in [0.1, 0.15) is 12.6 Å². The second-order valence-corrected chi connectivity index (χ2v) is 4.30. The molecule has 2 heterocycles. The van der Waals surface area contributed by atoms with Crippen molar-refractivity contribution in [1.29, 1.82) is 0 Å². The highest BCUT2D eigenvalue weighted by molar-refractivity contribution is 9.10. The summed E-state index contributed by atoms with van der Waals surface area (Å²) in [5.41, 5.74) is 7.22. The molecule has 2 aromatic rings. The minimum Gasteiger partial charge on any atom is -0.480 e. The topological polar surface area (TPSA) is 86.8 Å². The van der Waals surface area contributed by atoms with Gasteiger partial charge in [-0.25, -0.2) is 9.97 Å². The van der Waals surface area contributed by atoms with E-state index in [9.17, 15) is 0 Å². The van der Waals surface area contributed by atoms with Crippen LogP contribution in [0, 0.1) is 0 Å². The molecule has 0 spiro atoms. The molecule has 0 unspecified atom stereocenters. The molecule has 0 aromatic carbocycles. The number of nitrogens with zero attached hydrogens (tertiary/aromatic N) is 4. The van der Waals surface area contributed by atoms with E-state index in [1.807, 2.05) is 6.92 Å². The molecule has 0 aliphatic carbocycles. The van der Waals surface area contributed by atoms with Crippen molar-refractivity contribution in [3.63, 3.8) is 0 Å². The fraction of sp³-hybridized carbons (Fsp3) is 0.273. The zero-order valence-electron chi connectivity index (χ0n) is 10.0. The maximum Gasteiger partial charge on any atom is 0.233 e. The Balaban J connectivity index is 2.46. The summed E-state index contributed by atoms with van der Waals surface area (Å²) in [6, 6.07) is 3.45. The lowest BCUT2D eigenvalue weighted by Crippen LogP contribution is -2.03. The van der Waals surface area contributed by atoms with Crippen LogP contribution in [-0.4, -0.2) is 27.3 Å². The molecular formula is C11H12BrN5O. The van der Waals surface area contributed by atoms with Gasteiger partial charge in [-0.2, -0.15) is 0 Å². The number of hydrogen-bond acceptors (Lipinski definition) is 6. The Kier molecular flexibility index (Phi) is 3.71. The maximum absolute atomic E-state index is 5.82.